The maximum absolute atomic E-state index is 12.5. The standard InChI is InChI=1S/C16H23N3O2Si/c1-21-15-10-17-9-14-12(15)8-13(19-14)16(20)18-11-4-6-22(2,3)7-5-11/h8-11,19H,4-7H2,1-3H3,(H,18,20). The Morgan fingerprint density at radius 1 is 1.36 bits per heavy atom. The van der Waals surface area contributed by atoms with Crippen LogP contribution in [0.4, 0.5) is 0 Å². The molecule has 5 nitrogen and oxygen atoms in total. The van der Waals surface area contributed by atoms with Crippen LogP contribution in [-0.4, -0.2) is 37.1 Å². The minimum Gasteiger partial charge on any atom is -0.494 e. The number of methoxy groups -OCH3 is 1. The lowest BCUT2D eigenvalue weighted by Crippen LogP contribution is -2.42. The molecule has 2 aromatic rings. The number of H-pyrrole nitrogens is 1. The number of pyridine rings is 1. The molecule has 3 rings (SSSR count). The second kappa shape index (κ2) is 5.76. The Balaban J connectivity index is 1.73. The van der Waals surface area contributed by atoms with Gasteiger partial charge in [0.25, 0.3) is 5.91 Å². The highest BCUT2D eigenvalue weighted by atomic mass is 28.3. The van der Waals surface area contributed by atoms with Gasteiger partial charge in [-0.1, -0.05) is 25.2 Å². The summed E-state index contributed by atoms with van der Waals surface area (Å²) in [4.78, 5) is 19.7. The molecule has 1 fully saturated rings. The van der Waals surface area contributed by atoms with Crippen molar-refractivity contribution in [1.82, 2.24) is 15.3 Å². The second-order valence-corrected chi connectivity index (χ2v) is 12.2. The molecule has 3 heterocycles. The molecule has 1 amide bonds. The fourth-order valence-corrected chi connectivity index (χ4v) is 5.63. The largest absolute Gasteiger partial charge is 0.494 e. The summed E-state index contributed by atoms with van der Waals surface area (Å²) in [5.74, 6) is 0.642. The topological polar surface area (TPSA) is 67.0 Å². The molecule has 1 aliphatic rings. The molecule has 1 saturated heterocycles. The van der Waals surface area contributed by atoms with Crippen LogP contribution < -0.4 is 10.1 Å². The van der Waals surface area contributed by atoms with Gasteiger partial charge in [-0.15, -0.1) is 0 Å². The number of carbonyl (C=O) groups is 1. The number of rotatable bonds is 3. The van der Waals surface area contributed by atoms with Crippen molar-refractivity contribution < 1.29 is 9.53 Å². The maximum Gasteiger partial charge on any atom is 0.267 e. The second-order valence-electron chi connectivity index (χ2n) is 6.90. The van der Waals surface area contributed by atoms with E-state index in [4.69, 9.17) is 4.74 Å². The van der Waals surface area contributed by atoms with Gasteiger partial charge in [-0.2, -0.15) is 0 Å². The zero-order valence-electron chi connectivity index (χ0n) is 13.4. The number of aromatic nitrogens is 2. The summed E-state index contributed by atoms with van der Waals surface area (Å²) in [6.07, 6.45) is 5.58. The molecule has 0 bridgehead atoms. The first-order valence-electron chi connectivity index (χ1n) is 7.80. The summed E-state index contributed by atoms with van der Waals surface area (Å²) in [6.45, 7) is 4.87. The smallest absolute Gasteiger partial charge is 0.267 e. The number of amides is 1. The van der Waals surface area contributed by atoms with Gasteiger partial charge in [0, 0.05) is 19.5 Å². The zero-order chi connectivity index (χ0) is 15.7. The normalized spacial score (nSPS) is 18.3. The first kappa shape index (κ1) is 15.1. The van der Waals surface area contributed by atoms with E-state index < -0.39 is 8.07 Å². The van der Waals surface area contributed by atoms with Crippen molar-refractivity contribution in [3.63, 3.8) is 0 Å². The van der Waals surface area contributed by atoms with Crippen LogP contribution in [0.3, 0.4) is 0 Å². The Morgan fingerprint density at radius 2 is 2.09 bits per heavy atom. The van der Waals surface area contributed by atoms with Crippen molar-refractivity contribution in [2.75, 3.05) is 7.11 Å². The molecule has 0 radical (unpaired) electrons. The fraction of sp³-hybridized carbons (Fsp3) is 0.500. The van der Waals surface area contributed by atoms with Crippen LogP contribution in [0.15, 0.2) is 18.5 Å². The number of hydrogen-bond donors (Lipinski definition) is 2. The van der Waals surface area contributed by atoms with Crippen molar-refractivity contribution in [3.05, 3.63) is 24.2 Å². The molecule has 0 unspecified atom stereocenters. The highest BCUT2D eigenvalue weighted by molar-refractivity contribution is 6.77. The van der Waals surface area contributed by atoms with Crippen LogP contribution >= 0.6 is 0 Å². The van der Waals surface area contributed by atoms with Gasteiger partial charge >= 0.3 is 0 Å². The minimum atomic E-state index is -0.985. The lowest BCUT2D eigenvalue weighted by Gasteiger charge is -2.33. The van der Waals surface area contributed by atoms with Crippen molar-refractivity contribution in [1.29, 1.82) is 0 Å². The van der Waals surface area contributed by atoms with Crippen LogP contribution in [0.25, 0.3) is 10.9 Å². The summed E-state index contributed by atoms with van der Waals surface area (Å²) in [5.41, 5.74) is 1.39. The van der Waals surface area contributed by atoms with Gasteiger partial charge in [0.2, 0.25) is 0 Å². The van der Waals surface area contributed by atoms with E-state index in [0.29, 0.717) is 17.5 Å². The van der Waals surface area contributed by atoms with Gasteiger partial charge in [-0.3, -0.25) is 9.78 Å². The van der Waals surface area contributed by atoms with Crippen LogP contribution in [-0.2, 0) is 0 Å². The van der Waals surface area contributed by atoms with Gasteiger partial charge in [0.1, 0.15) is 11.4 Å². The maximum atomic E-state index is 12.5. The zero-order valence-corrected chi connectivity index (χ0v) is 14.4. The van der Waals surface area contributed by atoms with E-state index in [-0.39, 0.29) is 5.91 Å². The summed E-state index contributed by atoms with van der Waals surface area (Å²) >= 11 is 0. The average molecular weight is 317 g/mol. The molecular formula is C16H23N3O2Si. The number of ether oxygens (including phenoxy) is 1. The van der Waals surface area contributed by atoms with E-state index in [1.807, 2.05) is 6.07 Å². The highest BCUT2D eigenvalue weighted by Crippen LogP contribution is 2.29. The van der Waals surface area contributed by atoms with Crippen LogP contribution in [0.5, 0.6) is 5.75 Å². The third-order valence-corrected chi connectivity index (χ3v) is 7.93. The number of fused-ring (bicyclic) bond motifs is 1. The van der Waals surface area contributed by atoms with Crippen LogP contribution in [0.2, 0.25) is 25.2 Å². The SMILES string of the molecule is COc1cncc2[nH]c(C(=O)NC3CC[Si](C)(C)CC3)cc12. The van der Waals surface area contributed by atoms with Crippen molar-refractivity contribution in [2.45, 2.75) is 44.1 Å². The third-order valence-electron chi connectivity index (χ3n) is 4.65. The van der Waals surface area contributed by atoms with Crippen molar-refractivity contribution in [3.8, 4) is 5.75 Å². The molecule has 0 atom stereocenters. The van der Waals surface area contributed by atoms with E-state index in [9.17, 15) is 4.79 Å². The Kier molecular flexibility index (Phi) is 3.95. The minimum absolute atomic E-state index is 0.0374. The fourth-order valence-electron chi connectivity index (χ4n) is 3.12. The summed E-state index contributed by atoms with van der Waals surface area (Å²) in [5, 5.41) is 4.05. The number of aromatic amines is 1. The molecule has 0 aliphatic carbocycles. The Morgan fingerprint density at radius 3 is 2.77 bits per heavy atom. The van der Waals surface area contributed by atoms with Crippen LogP contribution in [0.1, 0.15) is 23.3 Å². The quantitative estimate of drug-likeness (QED) is 0.855. The van der Waals surface area contributed by atoms with E-state index in [1.165, 1.54) is 12.1 Å². The van der Waals surface area contributed by atoms with Gasteiger partial charge in [0.05, 0.1) is 25.0 Å². The van der Waals surface area contributed by atoms with Crippen molar-refractivity contribution >= 4 is 24.9 Å². The first-order chi connectivity index (χ1) is 10.5. The molecular weight excluding hydrogens is 294 g/mol. The van der Waals surface area contributed by atoms with E-state index >= 15 is 0 Å². The number of carbonyl (C=O) groups excluding carboxylic acids is 1. The molecule has 0 aromatic carbocycles. The van der Waals surface area contributed by atoms with Gasteiger partial charge in [-0.05, 0) is 18.9 Å². The molecule has 6 heteroatoms. The van der Waals surface area contributed by atoms with Crippen molar-refractivity contribution in [2.24, 2.45) is 0 Å². The molecule has 2 aromatic heterocycles. The summed E-state index contributed by atoms with van der Waals surface area (Å²) in [7, 11) is 0.623. The molecule has 0 spiro atoms. The monoisotopic (exact) mass is 317 g/mol. The van der Waals surface area contributed by atoms with Gasteiger partial charge in [0.15, 0.2) is 0 Å². The number of hydrogen-bond acceptors (Lipinski definition) is 3. The average Bonchev–Trinajstić information content (AvgIpc) is 2.93. The number of nitrogens with one attached hydrogen (secondary N) is 2. The van der Waals surface area contributed by atoms with Crippen LogP contribution in [0, 0.1) is 0 Å². The Labute approximate surface area is 131 Å². The lowest BCUT2D eigenvalue weighted by molar-refractivity contribution is 0.0929. The Bertz CT molecular complexity index is 686. The first-order valence-corrected chi connectivity index (χ1v) is 11.2. The lowest BCUT2D eigenvalue weighted by atomic mass is 10.1. The summed E-state index contributed by atoms with van der Waals surface area (Å²) < 4.78 is 5.28. The third kappa shape index (κ3) is 3.01. The Hall–Kier alpha value is -1.82. The molecule has 22 heavy (non-hydrogen) atoms. The molecule has 118 valence electrons. The molecule has 1 aliphatic heterocycles. The molecule has 0 saturated carbocycles. The van der Waals surface area contributed by atoms with E-state index in [2.05, 4.69) is 28.4 Å². The van der Waals surface area contributed by atoms with E-state index in [0.717, 1.165) is 23.7 Å². The molecule has 2 N–H and O–H groups in total. The van der Waals surface area contributed by atoms with Gasteiger partial charge < -0.3 is 15.0 Å². The highest BCUT2D eigenvalue weighted by Gasteiger charge is 2.29. The predicted molar refractivity (Wildman–Crippen MR) is 90.2 cm³/mol. The predicted octanol–water partition coefficient (Wildman–Crippen LogP) is 3.17. The summed E-state index contributed by atoms with van der Waals surface area (Å²) in [6, 6.07) is 4.73. The number of nitrogens with zero attached hydrogens (tertiary/aromatic N) is 1. The van der Waals surface area contributed by atoms with Gasteiger partial charge in [-0.25, -0.2) is 0 Å². The van der Waals surface area contributed by atoms with E-state index in [1.54, 1.807) is 19.5 Å².